The van der Waals surface area contributed by atoms with Gasteiger partial charge in [-0.05, 0) is 44.4 Å². The number of carbonyl (C=O) groups excluding carboxylic acids is 1. The Morgan fingerprint density at radius 3 is 2.53 bits per heavy atom. The van der Waals surface area contributed by atoms with Gasteiger partial charge in [0.25, 0.3) is 0 Å². The third kappa shape index (κ3) is 2.49. The summed E-state index contributed by atoms with van der Waals surface area (Å²) in [6.07, 6.45) is 10.8. The van der Waals surface area contributed by atoms with Crippen LogP contribution in [0.2, 0.25) is 0 Å². The first-order valence-electron chi connectivity index (χ1n) is 5.80. The van der Waals surface area contributed by atoms with Gasteiger partial charge in [0.1, 0.15) is 0 Å². The molecule has 0 radical (unpaired) electrons. The Bertz CT molecular complexity index is 284. The maximum absolute atomic E-state index is 11.3. The predicted octanol–water partition coefficient (Wildman–Crippen LogP) is 2.85. The molecule has 0 spiro atoms. The molecule has 1 saturated carbocycles. The van der Waals surface area contributed by atoms with Crippen LogP contribution in [-0.4, -0.2) is 12.6 Å². The minimum absolute atomic E-state index is 0.167. The average Bonchev–Trinajstić information content (AvgIpc) is 2.59. The third-order valence-electron chi connectivity index (χ3n) is 3.37. The molecule has 0 heterocycles. The first kappa shape index (κ1) is 10.5. The van der Waals surface area contributed by atoms with E-state index >= 15 is 0 Å². The van der Waals surface area contributed by atoms with Crippen LogP contribution < -0.4 is 0 Å². The fraction of sp³-hybridized carbons (Fsp3) is 0.615. The smallest absolute Gasteiger partial charge is 0.330 e. The van der Waals surface area contributed by atoms with Crippen LogP contribution in [0.4, 0.5) is 0 Å². The zero-order chi connectivity index (χ0) is 10.7. The topological polar surface area (TPSA) is 26.3 Å². The summed E-state index contributed by atoms with van der Waals surface area (Å²) in [5.74, 6) is 1.38. The largest absolute Gasteiger partial charge is 0.463 e. The average molecular weight is 206 g/mol. The van der Waals surface area contributed by atoms with E-state index in [2.05, 4.69) is 12.2 Å². The fourth-order valence-corrected chi connectivity index (χ4v) is 2.65. The third-order valence-corrected chi connectivity index (χ3v) is 3.37. The van der Waals surface area contributed by atoms with Gasteiger partial charge in [0.15, 0.2) is 0 Å². The molecule has 1 fully saturated rings. The molecule has 0 bridgehead atoms. The molecule has 2 aliphatic carbocycles. The van der Waals surface area contributed by atoms with Gasteiger partial charge in [0.05, 0.1) is 6.61 Å². The van der Waals surface area contributed by atoms with Gasteiger partial charge in [-0.3, -0.25) is 0 Å². The van der Waals surface area contributed by atoms with Crippen molar-refractivity contribution in [2.24, 2.45) is 11.8 Å². The number of allylic oxidation sites excluding steroid dienone is 3. The van der Waals surface area contributed by atoms with Gasteiger partial charge in [-0.2, -0.15) is 0 Å². The molecular formula is C13H18O2. The molecule has 2 nitrogen and oxygen atoms in total. The Kier molecular flexibility index (Phi) is 3.24. The van der Waals surface area contributed by atoms with Crippen LogP contribution in [0.5, 0.6) is 0 Å². The molecule has 0 aromatic carbocycles. The van der Waals surface area contributed by atoms with Crippen molar-refractivity contribution in [3.8, 4) is 0 Å². The first-order chi connectivity index (χ1) is 7.29. The summed E-state index contributed by atoms with van der Waals surface area (Å²) in [7, 11) is 0. The highest BCUT2D eigenvalue weighted by molar-refractivity contribution is 5.82. The second-order valence-corrected chi connectivity index (χ2v) is 4.43. The summed E-state index contributed by atoms with van der Waals surface area (Å²) in [4.78, 5) is 11.3. The second-order valence-electron chi connectivity index (χ2n) is 4.43. The number of rotatable bonds is 2. The van der Waals surface area contributed by atoms with E-state index < -0.39 is 0 Å². The zero-order valence-electron chi connectivity index (χ0n) is 9.24. The molecule has 2 rings (SSSR count). The van der Waals surface area contributed by atoms with E-state index in [9.17, 15) is 4.79 Å². The summed E-state index contributed by atoms with van der Waals surface area (Å²) < 4.78 is 4.93. The molecule has 15 heavy (non-hydrogen) atoms. The Hall–Kier alpha value is -1.05. The highest BCUT2D eigenvalue weighted by Gasteiger charge is 2.30. The number of hydrogen-bond donors (Lipinski definition) is 0. The fourth-order valence-electron chi connectivity index (χ4n) is 2.65. The van der Waals surface area contributed by atoms with E-state index in [0.29, 0.717) is 6.61 Å². The van der Waals surface area contributed by atoms with Gasteiger partial charge in [-0.15, -0.1) is 0 Å². The molecular weight excluding hydrogens is 188 g/mol. The number of carbonyl (C=O) groups is 1. The van der Waals surface area contributed by atoms with Crippen LogP contribution in [0.15, 0.2) is 23.8 Å². The minimum Gasteiger partial charge on any atom is -0.463 e. The van der Waals surface area contributed by atoms with Crippen LogP contribution >= 0.6 is 0 Å². The summed E-state index contributed by atoms with van der Waals surface area (Å²) in [5, 5.41) is 0. The molecule has 0 aromatic rings. The van der Waals surface area contributed by atoms with Crippen molar-refractivity contribution in [2.75, 3.05) is 6.61 Å². The predicted molar refractivity (Wildman–Crippen MR) is 59.3 cm³/mol. The van der Waals surface area contributed by atoms with Gasteiger partial charge in [-0.1, -0.05) is 17.7 Å². The van der Waals surface area contributed by atoms with E-state index in [1.165, 1.54) is 18.4 Å². The van der Waals surface area contributed by atoms with E-state index in [4.69, 9.17) is 4.74 Å². The standard InChI is InChI=1S/C13H18O2/c1-2-15-13(14)9-10-7-11-5-3-4-6-12(11)8-10/h3-4,9,11-12H,2,5-8H2,1H3. The number of esters is 1. The first-order valence-corrected chi connectivity index (χ1v) is 5.80. The van der Waals surface area contributed by atoms with E-state index in [0.717, 1.165) is 24.7 Å². The van der Waals surface area contributed by atoms with Gasteiger partial charge in [0, 0.05) is 6.08 Å². The Balaban J connectivity index is 1.95. The Morgan fingerprint density at radius 2 is 2.00 bits per heavy atom. The van der Waals surface area contributed by atoms with Gasteiger partial charge >= 0.3 is 5.97 Å². The molecule has 0 aliphatic heterocycles. The molecule has 0 N–H and O–H groups in total. The second kappa shape index (κ2) is 4.65. The van der Waals surface area contributed by atoms with Crippen LogP contribution in [0, 0.1) is 11.8 Å². The lowest BCUT2D eigenvalue weighted by molar-refractivity contribution is -0.137. The highest BCUT2D eigenvalue weighted by atomic mass is 16.5. The molecule has 0 amide bonds. The number of hydrogen-bond acceptors (Lipinski definition) is 2. The van der Waals surface area contributed by atoms with Gasteiger partial charge < -0.3 is 4.74 Å². The van der Waals surface area contributed by atoms with Gasteiger partial charge in [-0.25, -0.2) is 4.79 Å². The summed E-state index contributed by atoms with van der Waals surface area (Å²) in [5.41, 5.74) is 1.28. The monoisotopic (exact) mass is 206 g/mol. The van der Waals surface area contributed by atoms with Crippen molar-refractivity contribution in [1.82, 2.24) is 0 Å². The lowest BCUT2D eigenvalue weighted by Crippen LogP contribution is -2.08. The Morgan fingerprint density at radius 1 is 1.40 bits per heavy atom. The van der Waals surface area contributed by atoms with Crippen molar-refractivity contribution in [3.63, 3.8) is 0 Å². The van der Waals surface area contributed by atoms with Crippen LogP contribution in [-0.2, 0) is 9.53 Å². The maximum Gasteiger partial charge on any atom is 0.330 e. The van der Waals surface area contributed by atoms with Crippen LogP contribution in [0.3, 0.4) is 0 Å². The van der Waals surface area contributed by atoms with E-state index in [1.54, 1.807) is 6.08 Å². The minimum atomic E-state index is -0.167. The number of fused-ring (bicyclic) bond motifs is 1. The molecule has 82 valence electrons. The summed E-state index contributed by atoms with van der Waals surface area (Å²) in [6.45, 7) is 2.31. The van der Waals surface area contributed by atoms with Crippen LogP contribution in [0.1, 0.15) is 32.6 Å². The Labute approximate surface area is 91.0 Å². The summed E-state index contributed by atoms with van der Waals surface area (Å²) in [6, 6.07) is 0. The van der Waals surface area contributed by atoms with Crippen molar-refractivity contribution < 1.29 is 9.53 Å². The molecule has 0 aromatic heterocycles. The zero-order valence-corrected chi connectivity index (χ0v) is 9.24. The van der Waals surface area contributed by atoms with E-state index in [-0.39, 0.29) is 5.97 Å². The summed E-state index contributed by atoms with van der Waals surface area (Å²) >= 11 is 0. The quantitative estimate of drug-likeness (QED) is 0.394. The van der Waals surface area contributed by atoms with Gasteiger partial charge in [0.2, 0.25) is 0 Å². The lowest BCUT2D eigenvalue weighted by Gasteiger charge is -2.19. The van der Waals surface area contributed by atoms with Crippen molar-refractivity contribution >= 4 is 5.97 Å². The normalized spacial score (nSPS) is 28.7. The molecule has 2 heteroatoms. The number of ether oxygens (including phenoxy) is 1. The van der Waals surface area contributed by atoms with E-state index in [1.807, 2.05) is 6.92 Å². The molecule has 2 unspecified atom stereocenters. The molecule has 2 atom stereocenters. The van der Waals surface area contributed by atoms with Crippen LogP contribution in [0.25, 0.3) is 0 Å². The maximum atomic E-state index is 11.3. The lowest BCUT2D eigenvalue weighted by atomic mass is 9.86. The molecule has 2 aliphatic rings. The molecule has 0 saturated heterocycles. The SMILES string of the molecule is CCOC(=O)C=C1CC2CC=CCC2C1. The van der Waals surface area contributed by atoms with Crippen molar-refractivity contribution in [2.45, 2.75) is 32.6 Å². The highest BCUT2D eigenvalue weighted by Crippen LogP contribution is 2.42. The van der Waals surface area contributed by atoms with Crippen molar-refractivity contribution in [3.05, 3.63) is 23.8 Å². The van der Waals surface area contributed by atoms with Crippen molar-refractivity contribution in [1.29, 1.82) is 0 Å².